The summed E-state index contributed by atoms with van der Waals surface area (Å²) in [5, 5.41) is 3.48. The smallest absolute Gasteiger partial charge is 0.157 e. The summed E-state index contributed by atoms with van der Waals surface area (Å²) in [7, 11) is 0. The minimum atomic E-state index is 0.777. The number of hydrogen-bond acceptors (Lipinski definition) is 5. The zero-order chi connectivity index (χ0) is 19.6. The molecule has 0 saturated carbocycles. The lowest BCUT2D eigenvalue weighted by Gasteiger charge is -2.05. The van der Waals surface area contributed by atoms with E-state index in [4.69, 9.17) is 0 Å². The van der Waals surface area contributed by atoms with E-state index in [1.165, 1.54) is 9.75 Å². The topological polar surface area (TPSA) is 66.5 Å². The van der Waals surface area contributed by atoms with Crippen LogP contribution >= 0.6 is 27.3 Å². The zero-order valence-electron chi connectivity index (χ0n) is 15.3. The lowest BCUT2D eigenvalue weighted by molar-refractivity contribution is 1.19. The van der Waals surface area contributed by atoms with Gasteiger partial charge in [-0.05, 0) is 70.5 Å². The number of thiophene rings is 1. The van der Waals surface area contributed by atoms with Gasteiger partial charge < -0.3 is 10.3 Å². The minimum Gasteiger partial charge on any atom is -0.380 e. The van der Waals surface area contributed by atoms with Crippen LogP contribution in [0.3, 0.4) is 0 Å². The molecular formula is C22H16BrN5S. The number of imidazole rings is 1. The van der Waals surface area contributed by atoms with Gasteiger partial charge in [0.15, 0.2) is 5.65 Å². The van der Waals surface area contributed by atoms with Crippen molar-refractivity contribution in [1.82, 2.24) is 19.9 Å². The van der Waals surface area contributed by atoms with Gasteiger partial charge >= 0.3 is 0 Å². The Kier molecular flexibility index (Phi) is 4.83. The van der Waals surface area contributed by atoms with E-state index in [0.717, 1.165) is 45.0 Å². The van der Waals surface area contributed by atoms with Crippen molar-refractivity contribution >= 4 is 44.1 Å². The van der Waals surface area contributed by atoms with E-state index in [9.17, 15) is 0 Å². The maximum absolute atomic E-state index is 4.63. The van der Waals surface area contributed by atoms with Gasteiger partial charge in [-0.25, -0.2) is 9.97 Å². The molecule has 0 fully saturated rings. The maximum Gasteiger partial charge on any atom is 0.157 e. The van der Waals surface area contributed by atoms with Gasteiger partial charge in [-0.15, -0.1) is 11.3 Å². The van der Waals surface area contributed by atoms with Gasteiger partial charge in [0.1, 0.15) is 11.3 Å². The highest BCUT2D eigenvalue weighted by atomic mass is 79.9. The summed E-state index contributed by atoms with van der Waals surface area (Å²) in [4.78, 5) is 19.1. The van der Waals surface area contributed by atoms with E-state index < -0.39 is 0 Å². The van der Waals surface area contributed by atoms with Crippen LogP contribution in [0.5, 0.6) is 0 Å². The van der Waals surface area contributed by atoms with E-state index in [1.54, 1.807) is 17.5 Å². The second-order valence-electron chi connectivity index (χ2n) is 6.52. The molecule has 0 amide bonds. The van der Waals surface area contributed by atoms with E-state index in [-0.39, 0.29) is 0 Å². The molecule has 29 heavy (non-hydrogen) atoms. The van der Waals surface area contributed by atoms with Crippen LogP contribution in [0.1, 0.15) is 4.88 Å². The number of aromatic amines is 1. The SMILES string of the molecule is Brc1cnc2[nH]c(-c3ccc(NCc4ccc(-c5ccccn5)s4)cc3)nc2c1. The Bertz CT molecular complexity index is 1260. The van der Waals surface area contributed by atoms with Crippen LogP contribution < -0.4 is 5.32 Å². The number of halogens is 1. The summed E-state index contributed by atoms with van der Waals surface area (Å²) in [6.07, 6.45) is 3.59. The number of aromatic nitrogens is 4. The van der Waals surface area contributed by atoms with Crippen LogP contribution in [0.4, 0.5) is 5.69 Å². The number of fused-ring (bicyclic) bond motifs is 1. The number of rotatable bonds is 5. The Hall–Kier alpha value is -3.03. The zero-order valence-corrected chi connectivity index (χ0v) is 17.7. The fourth-order valence-electron chi connectivity index (χ4n) is 3.06. The van der Waals surface area contributed by atoms with Gasteiger partial charge in [0.25, 0.3) is 0 Å². The highest BCUT2D eigenvalue weighted by Gasteiger charge is 2.07. The van der Waals surface area contributed by atoms with Crippen LogP contribution in [0.25, 0.3) is 33.1 Å². The number of nitrogens with one attached hydrogen (secondary N) is 2. The molecule has 5 nitrogen and oxygen atoms in total. The van der Waals surface area contributed by atoms with Crippen molar-refractivity contribution in [3.05, 3.63) is 82.4 Å². The Morgan fingerprint density at radius 1 is 1.00 bits per heavy atom. The van der Waals surface area contributed by atoms with Gasteiger partial charge in [-0.3, -0.25) is 4.98 Å². The first-order chi connectivity index (χ1) is 14.2. The van der Waals surface area contributed by atoms with E-state index in [2.05, 4.69) is 77.6 Å². The van der Waals surface area contributed by atoms with Crippen molar-refractivity contribution in [3.63, 3.8) is 0 Å². The normalized spacial score (nSPS) is 11.1. The third-order valence-electron chi connectivity index (χ3n) is 4.51. The molecule has 0 aliphatic carbocycles. The highest BCUT2D eigenvalue weighted by Crippen LogP contribution is 2.27. The van der Waals surface area contributed by atoms with E-state index >= 15 is 0 Å². The van der Waals surface area contributed by atoms with Gasteiger partial charge in [0.2, 0.25) is 0 Å². The third kappa shape index (κ3) is 3.92. The summed E-state index contributed by atoms with van der Waals surface area (Å²) in [5.74, 6) is 0.815. The Morgan fingerprint density at radius 2 is 1.90 bits per heavy atom. The lowest BCUT2D eigenvalue weighted by atomic mass is 10.2. The van der Waals surface area contributed by atoms with Crippen molar-refractivity contribution in [2.75, 3.05) is 5.32 Å². The van der Waals surface area contributed by atoms with Crippen LogP contribution in [0.15, 0.2) is 77.5 Å². The molecule has 0 saturated heterocycles. The first-order valence-electron chi connectivity index (χ1n) is 9.10. The fourth-order valence-corrected chi connectivity index (χ4v) is 4.31. The number of pyridine rings is 2. The molecule has 0 aliphatic heterocycles. The molecule has 0 aliphatic rings. The number of anilines is 1. The number of nitrogens with zero attached hydrogens (tertiary/aromatic N) is 3. The van der Waals surface area contributed by atoms with Crippen LogP contribution in [0, 0.1) is 0 Å². The molecule has 142 valence electrons. The molecule has 1 aromatic carbocycles. The average molecular weight is 462 g/mol. The standard InChI is InChI=1S/C22H16BrN5S/c23-15-11-19-22(26-12-15)28-21(27-19)14-4-6-16(7-5-14)25-13-17-8-9-20(29-17)18-3-1-2-10-24-18/h1-12,25H,13H2,(H,26,27,28). The average Bonchev–Trinajstić information content (AvgIpc) is 3.40. The Balaban J connectivity index is 1.27. The molecule has 7 heteroatoms. The maximum atomic E-state index is 4.63. The molecule has 0 bridgehead atoms. The van der Waals surface area contributed by atoms with Crippen LogP contribution in [0.2, 0.25) is 0 Å². The first-order valence-corrected chi connectivity index (χ1v) is 10.7. The van der Waals surface area contributed by atoms with Crippen molar-refractivity contribution in [2.45, 2.75) is 6.54 Å². The molecule has 0 radical (unpaired) electrons. The Morgan fingerprint density at radius 3 is 2.72 bits per heavy atom. The molecule has 5 aromatic rings. The van der Waals surface area contributed by atoms with Crippen molar-refractivity contribution < 1.29 is 0 Å². The van der Waals surface area contributed by atoms with Gasteiger partial charge in [0.05, 0.1) is 10.6 Å². The second-order valence-corrected chi connectivity index (χ2v) is 8.60. The summed E-state index contributed by atoms with van der Waals surface area (Å²) in [6, 6.07) is 20.5. The highest BCUT2D eigenvalue weighted by molar-refractivity contribution is 9.10. The third-order valence-corrected chi connectivity index (χ3v) is 6.05. The number of hydrogen-bond donors (Lipinski definition) is 2. The predicted octanol–water partition coefficient (Wildman–Crippen LogP) is 6.12. The second kappa shape index (κ2) is 7.77. The van der Waals surface area contributed by atoms with Gasteiger partial charge in [-0.2, -0.15) is 0 Å². The largest absolute Gasteiger partial charge is 0.380 e. The molecule has 2 N–H and O–H groups in total. The molecular weight excluding hydrogens is 446 g/mol. The number of benzene rings is 1. The minimum absolute atomic E-state index is 0.777. The van der Waals surface area contributed by atoms with Crippen molar-refractivity contribution in [3.8, 4) is 22.0 Å². The van der Waals surface area contributed by atoms with Crippen LogP contribution in [-0.4, -0.2) is 19.9 Å². The quantitative estimate of drug-likeness (QED) is 0.330. The van der Waals surface area contributed by atoms with Gasteiger partial charge in [-0.1, -0.05) is 6.07 Å². The van der Waals surface area contributed by atoms with Crippen molar-refractivity contribution in [1.29, 1.82) is 0 Å². The van der Waals surface area contributed by atoms with Gasteiger partial charge in [0, 0.05) is 39.5 Å². The molecule has 0 atom stereocenters. The van der Waals surface area contributed by atoms with E-state index in [1.807, 2.05) is 30.5 Å². The fraction of sp³-hybridized carbons (Fsp3) is 0.0455. The monoisotopic (exact) mass is 461 g/mol. The summed E-state index contributed by atoms with van der Waals surface area (Å²) in [6.45, 7) is 0.777. The molecule has 4 aromatic heterocycles. The molecule has 0 unspecified atom stereocenters. The molecule has 0 spiro atoms. The van der Waals surface area contributed by atoms with E-state index in [0.29, 0.717) is 0 Å². The molecule has 5 rings (SSSR count). The first kappa shape index (κ1) is 18.0. The lowest BCUT2D eigenvalue weighted by Crippen LogP contribution is -1.96. The predicted molar refractivity (Wildman–Crippen MR) is 122 cm³/mol. The summed E-state index contributed by atoms with van der Waals surface area (Å²) in [5.41, 5.74) is 4.74. The summed E-state index contributed by atoms with van der Waals surface area (Å²) < 4.78 is 0.919. The summed E-state index contributed by atoms with van der Waals surface area (Å²) >= 11 is 5.19. The van der Waals surface area contributed by atoms with Crippen molar-refractivity contribution in [2.24, 2.45) is 0 Å². The number of H-pyrrole nitrogens is 1. The van der Waals surface area contributed by atoms with Crippen LogP contribution in [-0.2, 0) is 6.54 Å². The Labute approximate surface area is 180 Å². The molecule has 4 heterocycles.